The summed E-state index contributed by atoms with van der Waals surface area (Å²) in [5.41, 5.74) is 2.44. The van der Waals surface area contributed by atoms with Gasteiger partial charge in [-0.1, -0.05) is 0 Å². The van der Waals surface area contributed by atoms with Crippen LogP contribution < -0.4 is 9.80 Å². The first-order valence-electron chi connectivity index (χ1n) is 9.39. The second-order valence-corrected chi connectivity index (χ2v) is 6.92. The first-order chi connectivity index (χ1) is 14.2. The van der Waals surface area contributed by atoms with E-state index in [2.05, 4.69) is 24.9 Å². The first kappa shape index (κ1) is 17.5. The molecule has 0 unspecified atom stereocenters. The number of benzene rings is 2. The summed E-state index contributed by atoms with van der Waals surface area (Å²) in [5, 5.41) is 5.29. The topological polar surface area (TPSA) is 50.1 Å². The molecule has 1 fully saturated rings. The Balaban J connectivity index is 1.40. The average Bonchev–Trinajstić information content (AvgIpc) is 3.19. The number of piperazine rings is 1. The van der Waals surface area contributed by atoms with Crippen molar-refractivity contribution in [1.29, 1.82) is 0 Å². The van der Waals surface area contributed by atoms with Crippen molar-refractivity contribution in [2.45, 2.75) is 0 Å². The molecule has 6 nitrogen and oxygen atoms in total. The second kappa shape index (κ2) is 7.12. The van der Waals surface area contributed by atoms with E-state index in [9.17, 15) is 8.78 Å². The molecule has 8 heteroatoms. The molecule has 0 spiro atoms. The highest BCUT2D eigenvalue weighted by molar-refractivity contribution is 5.87. The number of fused-ring (bicyclic) bond motifs is 1. The molecular weight excluding hydrogens is 374 g/mol. The van der Waals surface area contributed by atoms with Crippen LogP contribution in [-0.2, 0) is 0 Å². The predicted molar refractivity (Wildman–Crippen MR) is 107 cm³/mol. The number of rotatable bonds is 3. The third-order valence-electron chi connectivity index (χ3n) is 5.19. The molecule has 146 valence electrons. The molecular formula is C21H18F2N6. The highest BCUT2D eigenvalue weighted by Crippen LogP contribution is 2.26. The van der Waals surface area contributed by atoms with Gasteiger partial charge in [-0.15, -0.1) is 0 Å². The van der Waals surface area contributed by atoms with Crippen molar-refractivity contribution in [3.05, 3.63) is 72.7 Å². The standard InChI is InChI=1S/C21H18F2N6/c22-15-1-5-17(6-2-15)27-9-11-28(12-10-27)20-19-13-26-29(21(19)25-14-24-20)18-7-3-16(23)4-8-18/h1-8,13-14H,9-12H2. The van der Waals surface area contributed by atoms with E-state index in [0.717, 1.165) is 48.8 Å². The van der Waals surface area contributed by atoms with Gasteiger partial charge >= 0.3 is 0 Å². The fraction of sp³-hybridized carbons (Fsp3) is 0.190. The molecule has 5 rings (SSSR count). The molecule has 1 saturated heterocycles. The van der Waals surface area contributed by atoms with Crippen LogP contribution in [0.4, 0.5) is 20.3 Å². The lowest BCUT2D eigenvalue weighted by Gasteiger charge is -2.36. The van der Waals surface area contributed by atoms with E-state index in [1.807, 2.05) is 0 Å². The maximum absolute atomic E-state index is 13.2. The quantitative estimate of drug-likeness (QED) is 0.535. The van der Waals surface area contributed by atoms with Crippen molar-refractivity contribution in [3.8, 4) is 5.69 Å². The van der Waals surface area contributed by atoms with Gasteiger partial charge < -0.3 is 9.80 Å². The minimum Gasteiger partial charge on any atom is -0.368 e. The maximum atomic E-state index is 13.2. The summed E-state index contributed by atoms with van der Waals surface area (Å²) in [6.45, 7) is 3.18. The molecule has 0 radical (unpaired) electrons. The van der Waals surface area contributed by atoms with Gasteiger partial charge in [0.25, 0.3) is 0 Å². The molecule has 29 heavy (non-hydrogen) atoms. The Bertz CT molecular complexity index is 1130. The Morgan fingerprint density at radius 1 is 0.690 bits per heavy atom. The van der Waals surface area contributed by atoms with E-state index in [4.69, 9.17) is 0 Å². The Labute approximate surface area is 166 Å². The van der Waals surface area contributed by atoms with E-state index in [0.29, 0.717) is 5.65 Å². The number of anilines is 2. The van der Waals surface area contributed by atoms with E-state index in [1.54, 1.807) is 35.1 Å². The zero-order chi connectivity index (χ0) is 19.8. The van der Waals surface area contributed by atoms with E-state index < -0.39 is 0 Å². The summed E-state index contributed by atoms with van der Waals surface area (Å²) in [4.78, 5) is 13.3. The summed E-state index contributed by atoms with van der Waals surface area (Å²) in [5.74, 6) is 0.315. The van der Waals surface area contributed by atoms with Crippen molar-refractivity contribution in [2.75, 3.05) is 36.0 Å². The number of hydrogen-bond donors (Lipinski definition) is 0. The number of hydrogen-bond acceptors (Lipinski definition) is 5. The molecule has 0 N–H and O–H groups in total. The molecule has 2 aromatic heterocycles. The minimum atomic E-state index is -0.292. The van der Waals surface area contributed by atoms with Crippen molar-refractivity contribution in [2.24, 2.45) is 0 Å². The summed E-state index contributed by atoms with van der Waals surface area (Å²) in [7, 11) is 0. The maximum Gasteiger partial charge on any atom is 0.168 e. The van der Waals surface area contributed by atoms with Crippen LogP contribution in [0, 0.1) is 11.6 Å². The number of aromatic nitrogens is 4. The summed E-state index contributed by atoms with van der Waals surface area (Å²) < 4.78 is 28.1. The number of nitrogens with zero attached hydrogens (tertiary/aromatic N) is 6. The third kappa shape index (κ3) is 3.26. The molecule has 1 aliphatic rings. The molecule has 3 heterocycles. The smallest absolute Gasteiger partial charge is 0.168 e. The first-order valence-corrected chi connectivity index (χ1v) is 9.39. The lowest BCUT2D eigenvalue weighted by molar-refractivity contribution is 0.624. The van der Waals surface area contributed by atoms with E-state index in [1.165, 1.54) is 30.6 Å². The van der Waals surface area contributed by atoms with Crippen LogP contribution in [0.25, 0.3) is 16.7 Å². The molecule has 0 amide bonds. The summed E-state index contributed by atoms with van der Waals surface area (Å²) in [6.07, 6.45) is 3.28. The summed E-state index contributed by atoms with van der Waals surface area (Å²) >= 11 is 0. The van der Waals surface area contributed by atoms with Gasteiger partial charge in [-0.2, -0.15) is 5.10 Å². The third-order valence-corrected chi connectivity index (χ3v) is 5.19. The predicted octanol–water partition coefficient (Wildman–Crippen LogP) is 3.42. The minimum absolute atomic E-state index is 0.228. The number of halogens is 2. The van der Waals surface area contributed by atoms with Crippen LogP contribution in [0.15, 0.2) is 61.1 Å². The normalized spacial score (nSPS) is 14.6. The molecule has 0 saturated carbocycles. The van der Waals surface area contributed by atoms with Gasteiger partial charge in [-0.25, -0.2) is 23.4 Å². The average molecular weight is 392 g/mol. The van der Waals surface area contributed by atoms with E-state index in [-0.39, 0.29) is 11.6 Å². The molecule has 0 atom stereocenters. The SMILES string of the molecule is Fc1ccc(N2CCN(c3ncnc4c3cnn4-c3ccc(F)cc3)CC2)cc1. The monoisotopic (exact) mass is 392 g/mol. The van der Waals surface area contributed by atoms with Crippen LogP contribution in [0.5, 0.6) is 0 Å². The molecule has 1 aliphatic heterocycles. The Morgan fingerprint density at radius 3 is 1.93 bits per heavy atom. The highest BCUT2D eigenvalue weighted by atomic mass is 19.1. The van der Waals surface area contributed by atoms with Crippen molar-refractivity contribution in [3.63, 3.8) is 0 Å². The van der Waals surface area contributed by atoms with Crippen LogP contribution in [0.1, 0.15) is 0 Å². The van der Waals surface area contributed by atoms with Gasteiger partial charge in [-0.3, -0.25) is 0 Å². The Morgan fingerprint density at radius 2 is 1.28 bits per heavy atom. The Hall–Kier alpha value is -3.55. The molecule has 0 bridgehead atoms. The molecule has 0 aliphatic carbocycles. The van der Waals surface area contributed by atoms with Crippen LogP contribution >= 0.6 is 0 Å². The zero-order valence-electron chi connectivity index (χ0n) is 15.5. The fourth-order valence-electron chi connectivity index (χ4n) is 3.68. The molecule has 4 aromatic rings. The Kier molecular flexibility index (Phi) is 4.31. The zero-order valence-corrected chi connectivity index (χ0v) is 15.5. The molecule has 2 aromatic carbocycles. The lowest BCUT2D eigenvalue weighted by atomic mass is 10.2. The van der Waals surface area contributed by atoms with Crippen LogP contribution in [-0.4, -0.2) is 45.9 Å². The van der Waals surface area contributed by atoms with Crippen molar-refractivity contribution >= 4 is 22.5 Å². The van der Waals surface area contributed by atoms with E-state index >= 15 is 0 Å². The van der Waals surface area contributed by atoms with Crippen molar-refractivity contribution in [1.82, 2.24) is 19.7 Å². The van der Waals surface area contributed by atoms with Gasteiger partial charge in [0.1, 0.15) is 23.8 Å². The largest absolute Gasteiger partial charge is 0.368 e. The second-order valence-electron chi connectivity index (χ2n) is 6.92. The van der Waals surface area contributed by atoms with Gasteiger partial charge in [0, 0.05) is 31.9 Å². The van der Waals surface area contributed by atoms with Gasteiger partial charge in [0.15, 0.2) is 5.65 Å². The summed E-state index contributed by atoms with van der Waals surface area (Å²) in [6, 6.07) is 12.7. The van der Waals surface area contributed by atoms with Crippen LogP contribution in [0.3, 0.4) is 0 Å². The van der Waals surface area contributed by atoms with Gasteiger partial charge in [0.2, 0.25) is 0 Å². The van der Waals surface area contributed by atoms with Crippen LogP contribution in [0.2, 0.25) is 0 Å². The van der Waals surface area contributed by atoms with Crippen molar-refractivity contribution < 1.29 is 8.78 Å². The van der Waals surface area contributed by atoms with Gasteiger partial charge in [-0.05, 0) is 48.5 Å². The highest BCUT2D eigenvalue weighted by Gasteiger charge is 2.21. The fourth-order valence-corrected chi connectivity index (χ4v) is 3.68. The lowest BCUT2D eigenvalue weighted by Crippen LogP contribution is -2.46. The van der Waals surface area contributed by atoms with Gasteiger partial charge in [0.05, 0.1) is 17.3 Å².